The van der Waals surface area contributed by atoms with Crippen molar-refractivity contribution < 1.29 is 8.42 Å². The van der Waals surface area contributed by atoms with Crippen LogP contribution in [-0.4, -0.2) is 26.0 Å². The van der Waals surface area contributed by atoms with Crippen molar-refractivity contribution in [1.29, 1.82) is 5.41 Å². The molecule has 0 heterocycles. The molecule has 1 aromatic rings. The molecule has 0 saturated carbocycles. The van der Waals surface area contributed by atoms with E-state index in [2.05, 4.69) is 21.2 Å². The van der Waals surface area contributed by atoms with E-state index in [1.54, 1.807) is 19.2 Å². The molecule has 0 aromatic heterocycles. The van der Waals surface area contributed by atoms with Crippen LogP contribution in [0.3, 0.4) is 0 Å². The van der Waals surface area contributed by atoms with Gasteiger partial charge in [0, 0.05) is 29.2 Å². The van der Waals surface area contributed by atoms with Crippen molar-refractivity contribution in [3.05, 3.63) is 40.5 Å². The van der Waals surface area contributed by atoms with E-state index in [4.69, 9.17) is 11.1 Å². The standard InChI is InChI=1S/C14H20BrN3O2S/c1-14(2,17)9-11(18-3)8-13(16)21(19,20)12-6-4-10(15)5-7-12/h4-8,16,18H,9,17H2,1-3H3/b11-8-,16-13?. The number of nitrogens with one attached hydrogen (secondary N) is 2. The third kappa shape index (κ3) is 5.26. The Balaban J connectivity index is 3.08. The number of rotatable bonds is 5. The van der Waals surface area contributed by atoms with Gasteiger partial charge in [0.25, 0.3) is 0 Å². The summed E-state index contributed by atoms with van der Waals surface area (Å²) in [5.41, 5.74) is 6.03. The Morgan fingerprint density at radius 3 is 2.33 bits per heavy atom. The zero-order valence-corrected chi connectivity index (χ0v) is 14.7. The number of sulfone groups is 1. The highest BCUT2D eigenvalue weighted by atomic mass is 79.9. The van der Waals surface area contributed by atoms with Crippen LogP contribution in [0, 0.1) is 5.41 Å². The number of hydrogen-bond acceptors (Lipinski definition) is 5. The lowest BCUT2D eigenvalue weighted by Gasteiger charge is -2.20. The van der Waals surface area contributed by atoms with Crippen LogP contribution < -0.4 is 11.1 Å². The first-order valence-electron chi connectivity index (χ1n) is 6.33. The Bertz CT molecular complexity index is 644. The van der Waals surface area contributed by atoms with Gasteiger partial charge in [0.05, 0.1) is 4.90 Å². The largest absolute Gasteiger partial charge is 0.391 e. The van der Waals surface area contributed by atoms with Crippen molar-refractivity contribution in [2.45, 2.75) is 30.7 Å². The topological polar surface area (TPSA) is 96.0 Å². The summed E-state index contributed by atoms with van der Waals surface area (Å²) in [5, 5.41) is 10.3. The van der Waals surface area contributed by atoms with Crippen molar-refractivity contribution in [3.63, 3.8) is 0 Å². The first-order chi connectivity index (χ1) is 9.56. The zero-order valence-electron chi connectivity index (χ0n) is 12.3. The number of nitrogens with two attached hydrogens (primary N) is 1. The highest BCUT2D eigenvalue weighted by molar-refractivity contribution is 9.10. The van der Waals surface area contributed by atoms with Gasteiger partial charge < -0.3 is 11.1 Å². The average Bonchev–Trinajstić information content (AvgIpc) is 2.36. The fraction of sp³-hybridized carbons (Fsp3) is 0.357. The summed E-state index contributed by atoms with van der Waals surface area (Å²) in [6.45, 7) is 3.68. The molecule has 116 valence electrons. The number of halogens is 1. The molecule has 0 radical (unpaired) electrons. The lowest BCUT2D eigenvalue weighted by atomic mass is 10.00. The van der Waals surface area contributed by atoms with Crippen molar-refractivity contribution >= 4 is 30.8 Å². The monoisotopic (exact) mass is 373 g/mol. The highest BCUT2D eigenvalue weighted by Gasteiger charge is 2.21. The summed E-state index contributed by atoms with van der Waals surface area (Å²) < 4.78 is 25.4. The van der Waals surface area contributed by atoms with Gasteiger partial charge in [-0.15, -0.1) is 0 Å². The first kappa shape index (κ1) is 17.9. The molecule has 0 fully saturated rings. The van der Waals surface area contributed by atoms with E-state index in [0.29, 0.717) is 12.1 Å². The number of benzene rings is 1. The smallest absolute Gasteiger partial charge is 0.223 e. The fourth-order valence-electron chi connectivity index (χ4n) is 1.68. The van der Waals surface area contributed by atoms with Gasteiger partial charge in [-0.1, -0.05) is 15.9 Å². The van der Waals surface area contributed by atoms with E-state index in [-0.39, 0.29) is 4.90 Å². The van der Waals surface area contributed by atoms with E-state index in [1.165, 1.54) is 18.2 Å². The van der Waals surface area contributed by atoms with E-state index in [1.807, 2.05) is 13.8 Å². The van der Waals surface area contributed by atoms with Crippen molar-refractivity contribution in [3.8, 4) is 0 Å². The van der Waals surface area contributed by atoms with Gasteiger partial charge in [-0.05, 0) is 44.2 Å². The van der Waals surface area contributed by atoms with Crippen molar-refractivity contribution in [2.24, 2.45) is 5.73 Å². The normalized spacial score (nSPS) is 13.1. The Hall–Kier alpha value is -1.18. The van der Waals surface area contributed by atoms with Gasteiger partial charge >= 0.3 is 0 Å². The summed E-state index contributed by atoms with van der Waals surface area (Å²) >= 11 is 3.25. The first-order valence-corrected chi connectivity index (χ1v) is 8.60. The fourth-order valence-corrected chi connectivity index (χ4v) is 2.99. The lowest BCUT2D eigenvalue weighted by Crippen LogP contribution is -2.34. The van der Waals surface area contributed by atoms with Crippen LogP contribution in [0.4, 0.5) is 0 Å². The molecule has 0 aliphatic heterocycles. The van der Waals surface area contributed by atoms with Crippen molar-refractivity contribution in [2.75, 3.05) is 7.05 Å². The van der Waals surface area contributed by atoms with Crippen LogP contribution in [0.15, 0.2) is 45.4 Å². The maximum absolute atomic E-state index is 12.3. The van der Waals surface area contributed by atoms with Crippen LogP contribution >= 0.6 is 15.9 Å². The second-order valence-corrected chi connectivity index (χ2v) is 8.24. The maximum Gasteiger partial charge on any atom is 0.223 e. The van der Waals surface area contributed by atoms with Gasteiger partial charge in [-0.3, -0.25) is 5.41 Å². The summed E-state index contributed by atoms with van der Waals surface area (Å²) in [7, 11) is -2.13. The molecule has 4 N–H and O–H groups in total. The van der Waals surface area contributed by atoms with E-state index in [0.717, 1.165) is 4.47 Å². The van der Waals surface area contributed by atoms with Gasteiger partial charge in [-0.2, -0.15) is 0 Å². The van der Waals surface area contributed by atoms with Crippen LogP contribution in [0.1, 0.15) is 20.3 Å². The molecule has 0 bridgehead atoms. The molecule has 0 saturated heterocycles. The summed E-state index contributed by atoms with van der Waals surface area (Å²) in [6.07, 6.45) is 1.76. The van der Waals surface area contributed by atoms with Gasteiger partial charge in [0.1, 0.15) is 0 Å². The molecule has 1 rings (SSSR count). The summed E-state index contributed by atoms with van der Waals surface area (Å²) in [4.78, 5) is 0.0920. The minimum atomic E-state index is -3.81. The van der Waals surface area contributed by atoms with E-state index >= 15 is 0 Å². The number of hydrogen-bond donors (Lipinski definition) is 3. The molecule has 0 unspecified atom stereocenters. The second-order valence-electron chi connectivity index (χ2n) is 5.41. The molecular weight excluding hydrogens is 354 g/mol. The van der Waals surface area contributed by atoms with E-state index < -0.39 is 20.4 Å². The molecule has 7 heteroatoms. The van der Waals surface area contributed by atoms with Crippen molar-refractivity contribution in [1.82, 2.24) is 5.32 Å². The van der Waals surface area contributed by atoms with Gasteiger partial charge in [0.15, 0.2) is 5.04 Å². The predicted octanol–water partition coefficient (Wildman–Crippen LogP) is 2.43. The molecular formula is C14H20BrN3O2S. The van der Waals surface area contributed by atoms with E-state index in [9.17, 15) is 8.42 Å². The second kappa shape index (κ2) is 6.72. The third-order valence-electron chi connectivity index (χ3n) is 2.69. The highest BCUT2D eigenvalue weighted by Crippen LogP contribution is 2.18. The minimum absolute atomic E-state index is 0.0920. The molecule has 1 aromatic carbocycles. The Morgan fingerprint density at radius 1 is 1.38 bits per heavy atom. The van der Waals surface area contributed by atoms with Crippen LogP contribution in [0.25, 0.3) is 0 Å². The van der Waals surface area contributed by atoms with Gasteiger partial charge in [-0.25, -0.2) is 8.42 Å². The average molecular weight is 374 g/mol. The Kier molecular flexibility index (Phi) is 5.72. The molecule has 0 amide bonds. The summed E-state index contributed by atoms with van der Waals surface area (Å²) in [6, 6.07) is 6.19. The predicted molar refractivity (Wildman–Crippen MR) is 89.1 cm³/mol. The molecule has 0 aliphatic rings. The minimum Gasteiger partial charge on any atom is -0.391 e. The molecule has 0 atom stereocenters. The quantitative estimate of drug-likeness (QED) is 0.545. The summed E-state index contributed by atoms with van der Waals surface area (Å²) in [5.74, 6) is 0. The zero-order chi connectivity index (χ0) is 16.3. The Morgan fingerprint density at radius 2 is 1.90 bits per heavy atom. The molecule has 21 heavy (non-hydrogen) atoms. The van der Waals surface area contributed by atoms with Crippen LogP contribution in [-0.2, 0) is 9.84 Å². The third-order valence-corrected chi connectivity index (χ3v) is 4.80. The lowest BCUT2D eigenvalue weighted by molar-refractivity contribution is 0.502. The Labute approximate surface area is 134 Å². The SMILES string of the molecule is CN/C(=C\C(=N)S(=O)(=O)c1ccc(Br)cc1)CC(C)(C)N. The molecule has 0 aliphatic carbocycles. The van der Waals surface area contributed by atoms with Crippen LogP contribution in [0.2, 0.25) is 0 Å². The van der Waals surface area contributed by atoms with Gasteiger partial charge in [0.2, 0.25) is 9.84 Å². The molecule has 0 spiro atoms. The maximum atomic E-state index is 12.3. The van der Waals surface area contributed by atoms with Crippen LogP contribution in [0.5, 0.6) is 0 Å². The molecule has 5 nitrogen and oxygen atoms in total.